The Labute approximate surface area is 159 Å². The molecule has 0 spiro atoms. The van der Waals surface area contributed by atoms with E-state index in [0.29, 0.717) is 11.8 Å². The zero-order valence-corrected chi connectivity index (χ0v) is 16.0. The van der Waals surface area contributed by atoms with Crippen molar-refractivity contribution in [3.8, 4) is 10.8 Å². The van der Waals surface area contributed by atoms with Crippen molar-refractivity contribution >= 4 is 17.2 Å². The molecule has 5 nitrogen and oxygen atoms in total. The number of rotatable bonds is 4. The average molecular weight is 374 g/mol. The monoisotopic (exact) mass is 373 g/mol. The maximum Gasteiger partial charge on any atom is 0.236 e. The molecule has 0 aliphatic carbocycles. The van der Waals surface area contributed by atoms with Crippen LogP contribution in [0.3, 0.4) is 0 Å². The van der Waals surface area contributed by atoms with Gasteiger partial charge in [0.25, 0.3) is 0 Å². The van der Waals surface area contributed by atoms with Crippen LogP contribution in [0.1, 0.15) is 44.2 Å². The second-order valence-corrected chi connectivity index (χ2v) is 8.36. The van der Waals surface area contributed by atoms with Crippen molar-refractivity contribution in [1.29, 1.82) is 0 Å². The number of nitrogens with zero attached hydrogens (tertiary/aromatic N) is 3. The molecular weight excluding hydrogens is 346 g/mol. The Morgan fingerprint density at radius 3 is 2.62 bits per heavy atom. The smallest absolute Gasteiger partial charge is 0.236 e. The first-order valence-corrected chi connectivity index (χ1v) is 10.7. The molecule has 2 saturated heterocycles. The van der Waals surface area contributed by atoms with E-state index >= 15 is 0 Å². The number of piperidine rings is 1. The number of likely N-dealkylation sites (tertiary alicyclic amines) is 2. The van der Waals surface area contributed by atoms with E-state index in [1.54, 1.807) is 17.6 Å². The predicted molar refractivity (Wildman–Crippen MR) is 103 cm³/mol. The van der Waals surface area contributed by atoms with Gasteiger partial charge in [-0.1, -0.05) is 18.9 Å². The summed E-state index contributed by atoms with van der Waals surface area (Å²) in [5.74, 6) is 1.32. The highest BCUT2D eigenvalue weighted by Gasteiger charge is 2.29. The summed E-state index contributed by atoms with van der Waals surface area (Å²) in [4.78, 5) is 23.0. The van der Waals surface area contributed by atoms with Gasteiger partial charge in [0.05, 0.1) is 10.6 Å². The Kier molecular flexibility index (Phi) is 5.70. The zero-order valence-electron chi connectivity index (χ0n) is 15.2. The van der Waals surface area contributed by atoms with E-state index in [1.807, 2.05) is 17.5 Å². The zero-order chi connectivity index (χ0) is 17.8. The maximum absolute atomic E-state index is 12.8. The van der Waals surface area contributed by atoms with Gasteiger partial charge in [0.1, 0.15) is 6.26 Å². The van der Waals surface area contributed by atoms with E-state index in [4.69, 9.17) is 4.42 Å². The first kappa shape index (κ1) is 17.7. The second kappa shape index (κ2) is 8.35. The predicted octanol–water partition coefficient (Wildman–Crippen LogP) is 4.02. The molecular formula is C20H27N3O2S. The number of hydrogen-bond acceptors (Lipinski definition) is 5. The first-order valence-electron chi connectivity index (χ1n) is 9.79. The molecule has 140 valence electrons. The van der Waals surface area contributed by atoms with Gasteiger partial charge in [0.2, 0.25) is 11.8 Å². The van der Waals surface area contributed by atoms with E-state index < -0.39 is 0 Å². The molecule has 0 N–H and O–H groups in total. The highest BCUT2D eigenvalue weighted by molar-refractivity contribution is 7.13. The normalized spacial score (nSPS) is 20.2. The van der Waals surface area contributed by atoms with Crippen LogP contribution in [-0.4, -0.2) is 46.9 Å². The molecule has 0 saturated carbocycles. The third-order valence-electron chi connectivity index (χ3n) is 5.52. The lowest BCUT2D eigenvalue weighted by atomic mass is 9.95. The SMILES string of the molecule is O=C(C1CCN(Cc2coc(-c3cccs3)n2)CC1)N1CCCCCC1. The van der Waals surface area contributed by atoms with Crippen LogP contribution in [-0.2, 0) is 11.3 Å². The van der Waals surface area contributed by atoms with Gasteiger partial charge in [-0.05, 0) is 50.2 Å². The molecule has 0 unspecified atom stereocenters. The van der Waals surface area contributed by atoms with Crippen molar-refractivity contribution in [2.24, 2.45) is 5.92 Å². The molecule has 4 rings (SSSR count). The Bertz CT molecular complexity index is 696. The minimum absolute atomic E-state index is 0.211. The quantitative estimate of drug-likeness (QED) is 0.812. The Morgan fingerprint density at radius 2 is 1.92 bits per heavy atom. The number of hydrogen-bond donors (Lipinski definition) is 0. The van der Waals surface area contributed by atoms with Gasteiger partial charge >= 0.3 is 0 Å². The fraction of sp³-hybridized carbons (Fsp3) is 0.600. The molecule has 26 heavy (non-hydrogen) atoms. The number of oxazole rings is 1. The number of aromatic nitrogens is 1. The van der Waals surface area contributed by atoms with Crippen LogP contribution < -0.4 is 0 Å². The number of carbonyl (C=O) groups is 1. The van der Waals surface area contributed by atoms with Crippen molar-refractivity contribution in [2.45, 2.75) is 45.1 Å². The lowest BCUT2D eigenvalue weighted by molar-refractivity contribution is -0.137. The van der Waals surface area contributed by atoms with Gasteiger partial charge in [-0.2, -0.15) is 0 Å². The van der Waals surface area contributed by atoms with Gasteiger partial charge in [0, 0.05) is 25.6 Å². The summed E-state index contributed by atoms with van der Waals surface area (Å²) in [7, 11) is 0. The van der Waals surface area contributed by atoms with E-state index in [2.05, 4.69) is 14.8 Å². The highest BCUT2D eigenvalue weighted by atomic mass is 32.1. The van der Waals surface area contributed by atoms with Crippen LogP contribution in [0.25, 0.3) is 10.8 Å². The van der Waals surface area contributed by atoms with Crippen molar-refractivity contribution in [1.82, 2.24) is 14.8 Å². The van der Waals surface area contributed by atoms with Crippen LogP contribution in [0.4, 0.5) is 0 Å². The van der Waals surface area contributed by atoms with Crippen LogP contribution in [0, 0.1) is 5.92 Å². The molecule has 1 amide bonds. The van der Waals surface area contributed by atoms with Gasteiger partial charge in [0.15, 0.2) is 0 Å². The minimum Gasteiger partial charge on any atom is -0.444 e. The number of thiophene rings is 1. The van der Waals surface area contributed by atoms with Crippen molar-refractivity contribution in [2.75, 3.05) is 26.2 Å². The minimum atomic E-state index is 0.211. The number of amides is 1. The lowest BCUT2D eigenvalue weighted by Crippen LogP contribution is -2.42. The molecule has 2 aromatic rings. The topological polar surface area (TPSA) is 49.6 Å². The van der Waals surface area contributed by atoms with Gasteiger partial charge < -0.3 is 9.32 Å². The summed E-state index contributed by atoms with van der Waals surface area (Å²) < 4.78 is 5.61. The summed E-state index contributed by atoms with van der Waals surface area (Å²) in [5, 5.41) is 2.03. The molecule has 4 heterocycles. The molecule has 2 aromatic heterocycles. The summed E-state index contributed by atoms with van der Waals surface area (Å²) in [6.07, 6.45) is 8.58. The molecule has 6 heteroatoms. The number of carbonyl (C=O) groups excluding carboxylic acids is 1. The van der Waals surface area contributed by atoms with Crippen LogP contribution in [0.5, 0.6) is 0 Å². The molecule has 0 bridgehead atoms. The summed E-state index contributed by atoms with van der Waals surface area (Å²) in [6.45, 7) is 4.66. The van der Waals surface area contributed by atoms with E-state index in [1.165, 1.54) is 25.7 Å². The van der Waals surface area contributed by atoms with Crippen LogP contribution in [0.15, 0.2) is 28.2 Å². The summed E-state index contributed by atoms with van der Waals surface area (Å²) >= 11 is 1.64. The van der Waals surface area contributed by atoms with E-state index in [9.17, 15) is 4.79 Å². The average Bonchev–Trinajstić information content (AvgIpc) is 3.28. The van der Waals surface area contributed by atoms with E-state index in [-0.39, 0.29) is 5.92 Å². The molecule has 0 aromatic carbocycles. The fourth-order valence-electron chi connectivity index (χ4n) is 4.01. The molecule has 2 aliphatic rings. The van der Waals surface area contributed by atoms with Gasteiger partial charge in [-0.15, -0.1) is 11.3 Å². The largest absolute Gasteiger partial charge is 0.444 e. The Balaban J connectivity index is 1.28. The second-order valence-electron chi connectivity index (χ2n) is 7.41. The van der Waals surface area contributed by atoms with Crippen LogP contribution in [0.2, 0.25) is 0 Å². The van der Waals surface area contributed by atoms with Crippen LogP contribution >= 0.6 is 11.3 Å². The molecule has 0 radical (unpaired) electrons. The highest BCUT2D eigenvalue weighted by Crippen LogP contribution is 2.26. The fourth-order valence-corrected chi connectivity index (χ4v) is 4.66. The lowest BCUT2D eigenvalue weighted by Gasteiger charge is -2.33. The van der Waals surface area contributed by atoms with Gasteiger partial charge in [-0.3, -0.25) is 9.69 Å². The first-order chi connectivity index (χ1) is 12.8. The van der Waals surface area contributed by atoms with Crippen molar-refractivity contribution in [3.63, 3.8) is 0 Å². The Morgan fingerprint density at radius 1 is 1.15 bits per heavy atom. The summed E-state index contributed by atoms with van der Waals surface area (Å²) in [6, 6.07) is 4.04. The maximum atomic E-state index is 12.8. The summed E-state index contributed by atoms with van der Waals surface area (Å²) in [5.41, 5.74) is 0.977. The third-order valence-corrected chi connectivity index (χ3v) is 6.38. The Hall–Kier alpha value is -1.66. The molecule has 0 atom stereocenters. The molecule has 2 fully saturated rings. The van der Waals surface area contributed by atoms with E-state index in [0.717, 1.165) is 56.1 Å². The van der Waals surface area contributed by atoms with Crippen molar-refractivity contribution in [3.05, 3.63) is 29.5 Å². The third kappa shape index (κ3) is 4.18. The van der Waals surface area contributed by atoms with Gasteiger partial charge in [-0.25, -0.2) is 4.98 Å². The van der Waals surface area contributed by atoms with Crippen molar-refractivity contribution < 1.29 is 9.21 Å². The molecule has 2 aliphatic heterocycles. The standard InChI is InChI=1S/C20H27N3O2S/c24-20(23-9-3-1-2-4-10-23)16-7-11-22(12-8-16)14-17-15-25-19(21-17)18-6-5-13-26-18/h5-6,13,15-16H,1-4,7-12,14H2.